The molecule has 1 amide bonds. The van der Waals surface area contributed by atoms with Crippen LogP contribution >= 0.6 is 0 Å². The van der Waals surface area contributed by atoms with Crippen molar-refractivity contribution in [3.05, 3.63) is 54.6 Å². The molecule has 1 unspecified atom stereocenters. The Kier molecular flexibility index (Phi) is 7.14. The van der Waals surface area contributed by atoms with Crippen molar-refractivity contribution in [2.24, 2.45) is 0 Å². The van der Waals surface area contributed by atoms with Crippen LogP contribution in [-0.2, 0) is 4.79 Å². The topological polar surface area (TPSA) is 50.8 Å². The largest absolute Gasteiger partial charge is 0.493 e. The lowest BCUT2D eigenvalue weighted by molar-refractivity contribution is -0.128. The van der Waals surface area contributed by atoms with Crippen molar-refractivity contribution in [2.45, 2.75) is 19.4 Å². The summed E-state index contributed by atoms with van der Waals surface area (Å²) in [6.07, 6.45) is 0.0385. The van der Waals surface area contributed by atoms with Gasteiger partial charge in [0.15, 0.2) is 17.6 Å². The van der Waals surface area contributed by atoms with Gasteiger partial charge in [-0.1, -0.05) is 37.3 Å². The summed E-state index contributed by atoms with van der Waals surface area (Å²) in [5.74, 6) is 1.08. The first-order valence-corrected chi connectivity index (χ1v) is 8.49. The summed E-state index contributed by atoms with van der Waals surface area (Å²) in [6, 6.07) is 17.4. The number of hydrogen-bond donors (Lipinski definition) is 1. The van der Waals surface area contributed by atoms with Gasteiger partial charge in [-0.15, -0.1) is 0 Å². The van der Waals surface area contributed by atoms with Gasteiger partial charge in [-0.3, -0.25) is 4.79 Å². The van der Waals surface area contributed by atoms with Gasteiger partial charge in [0.05, 0.1) is 7.11 Å². The van der Waals surface area contributed by atoms with E-state index in [4.69, 9.17) is 9.47 Å². The van der Waals surface area contributed by atoms with Crippen LogP contribution in [0.15, 0.2) is 54.6 Å². The summed E-state index contributed by atoms with van der Waals surface area (Å²) >= 11 is 0. The van der Waals surface area contributed by atoms with Crippen molar-refractivity contribution >= 4 is 11.6 Å². The molecule has 2 rings (SSSR count). The molecule has 0 aliphatic heterocycles. The lowest BCUT2D eigenvalue weighted by Crippen LogP contribution is -2.41. The van der Waals surface area contributed by atoms with Crippen LogP contribution in [0.2, 0.25) is 0 Å². The Morgan fingerprint density at radius 2 is 1.72 bits per heavy atom. The highest BCUT2D eigenvalue weighted by Crippen LogP contribution is 2.27. The number of benzene rings is 2. The van der Waals surface area contributed by atoms with Crippen LogP contribution in [0.5, 0.6) is 11.5 Å². The highest BCUT2D eigenvalue weighted by molar-refractivity contribution is 5.81. The SMILES string of the molecule is CCC(Oc1ccccc1OC)C(=O)NCCN(C)c1ccccc1. The quantitative estimate of drug-likeness (QED) is 0.761. The summed E-state index contributed by atoms with van der Waals surface area (Å²) in [6.45, 7) is 3.20. The molecule has 5 heteroatoms. The molecule has 1 N–H and O–H groups in total. The molecule has 0 heterocycles. The maximum Gasteiger partial charge on any atom is 0.261 e. The number of nitrogens with one attached hydrogen (secondary N) is 1. The molecular formula is C20H26N2O3. The summed E-state index contributed by atoms with van der Waals surface area (Å²) in [5, 5.41) is 2.95. The van der Waals surface area contributed by atoms with Crippen LogP contribution in [-0.4, -0.2) is 39.3 Å². The van der Waals surface area contributed by atoms with E-state index in [1.807, 2.05) is 62.5 Å². The van der Waals surface area contributed by atoms with Crippen LogP contribution in [0, 0.1) is 0 Å². The molecule has 2 aromatic rings. The van der Waals surface area contributed by atoms with Crippen molar-refractivity contribution in [2.75, 3.05) is 32.1 Å². The first-order valence-electron chi connectivity index (χ1n) is 8.49. The molecule has 2 aromatic carbocycles. The van der Waals surface area contributed by atoms with E-state index in [2.05, 4.69) is 10.2 Å². The number of anilines is 1. The Bertz CT molecular complexity index is 661. The second-order valence-electron chi connectivity index (χ2n) is 5.71. The van der Waals surface area contributed by atoms with Gasteiger partial charge in [-0.2, -0.15) is 0 Å². The molecule has 1 atom stereocenters. The maximum atomic E-state index is 12.4. The number of ether oxygens (including phenoxy) is 2. The Labute approximate surface area is 149 Å². The van der Waals surface area contributed by atoms with E-state index in [9.17, 15) is 4.79 Å². The third-order valence-electron chi connectivity index (χ3n) is 3.94. The fraction of sp³-hybridized carbons (Fsp3) is 0.350. The van der Waals surface area contributed by atoms with E-state index in [-0.39, 0.29) is 5.91 Å². The summed E-state index contributed by atoms with van der Waals surface area (Å²) < 4.78 is 11.1. The number of carbonyl (C=O) groups is 1. The molecule has 0 aromatic heterocycles. The number of methoxy groups -OCH3 is 1. The highest BCUT2D eigenvalue weighted by Gasteiger charge is 2.19. The van der Waals surface area contributed by atoms with Crippen molar-refractivity contribution in [1.29, 1.82) is 0 Å². The first kappa shape index (κ1) is 18.6. The molecule has 0 bridgehead atoms. The number of likely N-dealkylation sites (N-methyl/N-ethyl adjacent to an activating group) is 1. The average Bonchev–Trinajstić information content (AvgIpc) is 2.66. The summed E-state index contributed by atoms with van der Waals surface area (Å²) in [7, 11) is 3.59. The van der Waals surface area contributed by atoms with E-state index in [0.29, 0.717) is 24.5 Å². The smallest absolute Gasteiger partial charge is 0.261 e. The zero-order chi connectivity index (χ0) is 18.1. The number of nitrogens with zero attached hydrogens (tertiary/aromatic N) is 1. The summed E-state index contributed by atoms with van der Waals surface area (Å²) in [5.41, 5.74) is 1.12. The van der Waals surface area contributed by atoms with Gasteiger partial charge in [-0.25, -0.2) is 0 Å². The molecular weight excluding hydrogens is 316 g/mol. The number of rotatable bonds is 9. The van der Waals surface area contributed by atoms with E-state index >= 15 is 0 Å². The van der Waals surface area contributed by atoms with Crippen LogP contribution in [0.4, 0.5) is 5.69 Å². The van der Waals surface area contributed by atoms with E-state index in [1.165, 1.54) is 0 Å². The maximum absolute atomic E-state index is 12.4. The van der Waals surface area contributed by atoms with E-state index < -0.39 is 6.10 Å². The predicted molar refractivity (Wildman–Crippen MR) is 100 cm³/mol. The molecule has 0 aliphatic carbocycles. The lowest BCUT2D eigenvalue weighted by atomic mass is 10.2. The van der Waals surface area contributed by atoms with Gasteiger partial charge in [0, 0.05) is 25.8 Å². The van der Waals surface area contributed by atoms with Crippen molar-refractivity contribution in [3.63, 3.8) is 0 Å². The van der Waals surface area contributed by atoms with Crippen LogP contribution in [0.1, 0.15) is 13.3 Å². The van der Waals surface area contributed by atoms with Gasteiger partial charge in [0.2, 0.25) is 0 Å². The standard InChI is InChI=1S/C20H26N2O3/c1-4-17(25-19-13-9-8-12-18(19)24-3)20(23)21-14-15-22(2)16-10-6-5-7-11-16/h5-13,17H,4,14-15H2,1-3H3,(H,21,23). The normalized spacial score (nSPS) is 11.5. The molecule has 5 nitrogen and oxygen atoms in total. The van der Waals surface area contributed by atoms with Gasteiger partial charge < -0.3 is 19.7 Å². The Morgan fingerprint density at radius 1 is 1.08 bits per heavy atom. The number of carbonyl (C=O) groups excluding carboxylic acids is 1. The van der Waals surface area contributed by atoms with Crippen LogP contribution < -0.4 is 19.7 Å². The Morgan fingerprint density at radius 3 is 2.36 bits per heavy atom. The molecule has 0 saturated carbocycles. The van der Waals surface area contributed by atoms with E-state index in [1.54, 1.807) is 13.2 Å². The minimum atomic E-state index is -0.543. The van der Waals surface area contributed by atoms with Crippen LogP contribution in [0.3, 0.4) is 0 Å². The monoisotopic (exact) mass is 342 g/mol. The minimum absolute atomic E-state index is 0.116. The zero-order valence-corrected chi connectivity index (χ0v) is 15.1. The minimum Gasteiger partial charge on any atom is -0.493 e. The van der Waals surface area contributed by atoms with Gasteiger partial charge in [0.25, 0.3) is 5.91 Å². The fourth-order valence-electron chi connectivity index (χ4n) is 2.46. The Balaban J connectivity index is 1.85. The summed E-state index contributed by atoms with van der Waals surface area (Å²) in [4.78, 5) is 14.5. The Hall–Kier alpha value is -2.69. The zero-order valence-electron chi connectivity index (χ0n) is 15.1. The molecule has 0 radical (unpaired) electrons. The van der Waals surface area contributed by atoms with Crippen molar-refractivity contribution in [1.82, 2.24) is 5.32 Å². The molecule has 0 saturated heterocycles. The molecule has 25 heavy (non-hydrogen) atoms. The van der Waals surface area contributed by atoms with Crippen molar-refractivity contribution in [3.8, 4) is 11.5 Å². The third-order valence-corrected chi connectivity index (χ3v) is 3.94. The van der Waals surface area contributed by atoms with Gasteiger partial charge in [-0.05, 0) is 30.7 Å². The fourth-order valence-corrected chi connectivity index (χ4v) is 2.46. The van der Waals surface area contributed by atoms with E-state index in [0.717, 1.165) is 12.2 Å². The first-order chi connectivity index (χ1) is 12.2. The lowest BCUT2D eigenvalue weighted by Gasteiger charge is -2.21. The number of amides is 1. The highest BCUT2D eigenvalue weighted by atomic mass is 16.5. The second-order valence-corrected chi connectivity index (χ2v) is 5.71. The predicted octanol–water partition coefficient (Wildman–Crippen LogP) is 3.11. The molecule has 134 valence electrons. The number of para-hydroxylation sites is 3. The molecule has 0 fully saturated rings. The van der Waals surface area contributed by atoms with Gasteiger partial charge >= 0.3 is 0 Å². The third kappa shape index (κ3) is 5.41. The van der Waals surface area contributed by atoms with Crippen molar-refractivity contribution < 1.29 is 14.3 Å². The molecule has 0 spiro atoms. The van der Waals surface area contributed by atoms with Crippen LogP contribution in [0.25, 0.3) is 0 Å². The molecule has 0 aliphatic rings. The number of hydrogen-bond acceptors (Lipinski definition) is 4. The second kappa shape index (κ2) is 9.57. The van der Waals surface area contributed by atoms with Gasteiger partial charge in [0.1, 0.15) is 0 Å². The average molecular weight is 342 g/mol.